The highest BCUT2D eigenvalue weighted by Gasteiger charge is 2.32. The van der Waals surface area contributed by atoms with Crippen LogP contribution in [-0.4, -0.2) is 64.5 Å². The van der Waals surface area contributed by atoms with Crippen LogP contribution in [-0.2, 0) is 33.3 Å². The van der Waals surface area contributed by atoms with Gasteiger partial charge in [-0.1, -0.05) is 13.8 Å². The van der Waals surface area contributed by atoms with Crippen molar-refractivity contribution in [3.63, 3.8) is 0 Å². The summed E-state index contributed by atoms with van der Waals surface area (Å²) >= 11 is 0. The standard InChI is InChI=1S/C21H37NO7/c1-5-16(20(24)27-4)14-17(21(25)29-12-11-28-10-9-26-3)13-15(2)19(23)22-18-7-6-8-18/h15-18H,5-14H2,1-4H3,(H,22,23). The summed E-state index contributed by atoms with van der Waals surface area (Å²) in [5.41, 5.74) is 0. The van der Waals surface area contributed by atoms with Gasteiger partial charge in [0, 0.05) is 19.1 Å². The first-order valence-electron chi connectivity index (χ1n) is 10.5. The normalized spacial score (nSPS) is 17.0. The van der Waals surface area contributed by atoms with Crippen molar-refractivity contribution in [2.45, 2.75) is 58.4 Å². The lowest BCUT2D eigenvalue weighted by molar-refractivity contribution is -0.153. The Labute approximate surface area is 174 Å². The van der Waals surface area contributed by atoms with Crippen LogP contribution < -0.4 is 5.32 Å². The second-order valence-electron chi connectivity index (χ2n) is 7.61. The SMILES string of the molecule is CCC(CC(CC(C)C(=O)NC1CCC1)C(=O)OCCOCCOC)C(=O)OC. The van der Waals surface area contributed by atoms with E-state index in [0.29, 0.717) is 32.5 Å². The molecular formula is C21H37NO7. The van der Waals surface area contributed by atoms with Gasteiger partial charge in [-0.2, -0.15) is 0 Å². The Morgan fingerprint density at radius 3 is 2.21 bits per heavy atom. The lowest BCUT2D eigenvalue weighted by Gasteiger charge is -2.29. The van der Waals surface area contributed by atoms with Crippen LogP contribution >= 0.6 is 0 Å². The average Bonchev–Trinajstić information content (AvgIpc) is 2.69. The number of nitrogens with one attached hydrogen (secondary N) is 1. The molecule has 1 aliphatic rings. The maximum absolute atomic E-state index is 12.7. The van der Waals surface area contributed by atoms with E-state index in [9.17, 15) is 14.4 Å². The van der Waals surface area contributed by atoms with E-state index in [4.69, 9.17) is 18.9 Å². The third-order valence-corrected chi connectivity index (χ3v) is 5.37. The highest BCUT2D eigenvalue weighted by Crippen LogP contribution is 2.26. The van der Waals surface area contributed by atoms with Gasteiger partial charge in [-0.3, -0.25) is 14.4 Å². The van der Waals surface area contributed by atoms with Crippen LogP contribution in [0.5, 0.6) is 0 Å². The quantitative estimate of drug-likeness (QED) is 0.323. The smallest absolute Gasteiger partial charge is 0.309 e. The van der Waals surface area contributed by atoms with Gasteiger partial charge in [-0.15, -0.1) is 0 Å². The monoisotopic (exact) mass is 415 g/mol. The highest BCUT2D eigenvalue weighted by molar-refractivity contribution is 5.80. The molecule has 0 aliphatic heterocycles. The van der Waals surface area contributed by atoms with Crippen LogP contribution in [0.2, 0.25) is 0 Å². The van der Waals surface area contributed by atoms with E-state index in [-0.39, 0.29) is 37.0 Å². The third-order valence-electron chi connectivity index (χ3n) is 5.37. The number of hydrogen-bond acceptors (Lipinski definition) is 7. The Kier molecular flexibility index (Phi) is 12.5. The second kappa shape index (κ2) is 14.3. The number of amides is 1. The minimum absolute atomic E-state index is 0.0542. The van der Waals surface area contributed by atoms with Crippen molar-refractivity contribution < 1.29 is 33.3 Å². The molecule has 1 amide bonds. The molecule has 3 unspecified atom stereocenters. The van der Waals surface area contributed by atoms with Gasteiger partial charge in [0.1, 0.15) is 6.61 Å². The maximum atomic E-state index is 12.7. The fourth-order valence-electron chi connectivity index (χ4n) is 3.22. The molecule has 1 saturated carbocycles. The van der Waals surface area contributed by atoms with E-state index < -0.39 is 17.8 Å². The van der Waals surface area contributed by atoms with E-state index in [2.05, 4.69) is 5.32 Å². The van der Waals surface area contributed by atoms with Crippen molar-refractivity contribution in [3.05, 3.63) is 0 Å². The molecule has 168 valence electrons. The molecule has 0 bridgehead atoms. The predicted octanol–water partition coefficient (Wildman–Crippen LogP) is 2.09. The van der Waals surface area contributed by atoms with Crippen LogP contribution in [0, 0.1) is 17.8 Å². The van der Waals surface area contributed by atoms with Crippen LogP contribution in [0.4, 0.5) is 0 Å². The number of rotatable bonds is 15. The molecule has 8 nitrogen and oxygen atoms in total. The van der Waals surface area contributed by atoms with Crippen molar-refractivity contribution in [1.29, 1.82) is 0 Å². The number of esters is 2. The second-order valence-corrected chi connectivity index (χ2v) is 7.61. The van der Waals surface area contributed by atoms with Gasteiger partial charge in [-0.25, -0.2) is 0 Å². The molecule has 8 heteroatoms. The van der Waals surface area contributed by atoms with Gasteiger partial charge < -0.3 is 24.3 Å². The molecule has 0 aromatic heterocycles. The number of methoxy groups -OCH3 is 2. The molecule has 0 radical (unpaired) electrons. The largest absolute Gasteiger partial charge is 0.469 e. The van der Waals surface area contributed by atoms with Crippen molar-refractivity contribution in [2.24, 2.45) is 17.8 Å². The summed E-state index contributed by atoms with van der Waals surface area (Å²) in [5, 5.41) is 3.02. The molecule has 0 aromatic rings. The summed E-state index contributed by atoms with van der Waals surface area (Å²) in [4.78, 5) is 37.1. The summed E-state index contributed by atoms with van der Waals surface area (Å²) in [5.74, 6) is -2.12. The first-order valence-corrected chi connectivity index (χ1v) is 10.5. The van der Waals surface area contributed by atoms with Gasteiger partial charge in [0.15, 0.2) is 0 Å². The fourth-order valence-corrected chi connectivity index (χ4v) is 3.22. The molecule has 1 fully saturated rings. The van der Waals surface area contributed by atoms with Crippen LogP contribution in [0.25, 0.3) is 0 Å². The Hall–Kier alpha value is -1.67. The van der Waals surface area contributed by atoms with Gasteiger partial charge >= 0.3 is 11.9 Å². The third kappa shape index (κ3) is 9.58. The zero-order valence-corrected chi connectivity index (χ0v) is 18.2. The van der Waals surface area contributed by atoms with Gasteiger partial charge in [0.25, 0.3) is 0 Å². The molecule has 3 atom stereocenters. The van der Waals surface area contributed by atoms with Crippen LogP contribution in [0.15, 0.2) is 0 Å². The molecule has 29 heavy (non-hydrogen) atoms. The zero-order valence-electron chi connectivity index (χ0n) is 18.2. The molecule has 0 spiro atoms. The molecule has 1 N–H and O–H groups in total. The summed E-state index contributed by atoms with van der Waals surface area (Å²) in [6.45, 7) is 4.98. The predicted molar refractivity (Wildman–Crippen MR) is 107 cm³/mol. The summed E-state index contributed by atoms with van der Waals surface area (Å²) in [6, 6.07) is 0.248. The van der Waals surface area contributed by atoms with Crippen molar-refractivity contribution in [2.75, 3.05) is 40.6 Å². The van der Waals surface area contributed by atoms with Gasteiger partial charge in [0.2, 0.25) is 5.91 Å². The minimum Gasteiger partial charge on any atom is -0.469 e. The first-order chi connectivity index (χ1) is 13.9. The lowest BCUT2D eigenvalue weighted by Crippen LogP contribution is -2.42. The average molecular weight is 416 g/mol. The molecule has 0 saturated heterocycles. The molecule has 0 aromatic carbocycles. The highest BCUT2D eigenvalue weighted by atomic mass is 16.6. The molecule has 1 rings (SSSR count). The number of carbonyl (C=O) groups excluding carboxylic acids is 3. The Morgan fingerprint density at radius 2 is 1.66 bits per heavy atom. The molecular weight excluding hydrogens is 378 g/mol. The summed E-state index contributed by atoms with van der Waals surface area (Å²) < 4.78 is 20.4. The van der Waals surface area contributed by atoms with E-state index in [1.54, 1.807) is 14.0 Å². The number of hydrogen-bond donors (Lipinski definition) is 1. The lowest BCUT2D eigenvalue weighted by atomic mass is 9.85. The number of ether oxygens (including phenoxy) is 4. The van der Waals surface area contributed by atoms with E-state index in [0.717, 1.165) is 19.3 Å². The van der Waals surface area contributed by atoms with E-state index >= 15 is 0 Å². The van der Waals surface area contributed by atoms with Gasteiger partial charge in [-0.05, 0) is 38.5 Å². The Morgan fingerprint density at radius 1 is 0.966 bits per heavy atom. The van der Waals surface area contributed by atoms with Crippen molar-refractivity contribution in [3.8, 4) is 0 Å². The Bertz CT molecular complexity index is 507. The van der Waals surface area contributed by atoms with Crippen LogP contribution in [0.3, 0.4) is 0 Å². The maximum Gasteiger partial charge on any atom is 0.309 e. The van der Waals surface area contributed by atoms with Gasteiger partial charge in [0.05, 0.1) is 38.8 Å². The van der Waals surface area contributed by atoms with Crippen molar-refractivity contribution >= 4 is 17.8 Å². The minimum atomic E-state index is -0.555. The van der Waals surface area contributed by atoms with E-state index in [1.807, 2.05) is 6.92 Å². The Balaban J connectivity index is 2.61. The summed E-state index contributed by atoms with van der Waals surface area (Å²) in [7, 11) is 2.92. The van der Waals surface area contributed by atoms with Crippen LogP contribution in [0.1, 0.15) is 52.4 Å². The zero-order chi connectivity index (χ0) is 21.6. The first kappa shape index (κ1) is 25.4. The number of carbonyl (C=O) groups is 3. The van der Waals surface area contributed by atoms with Crippen molar-refractivity contribution in [1.82, 2.24) is 5.32 Å². The molecule has 1 aliphatic carbocycles. The molecule has 0 heterocycles. The van der Waals surface area contributed by atoms with E-state index in [1.165, 1.54) is 7.11 Å². The fraction of sp³-hybridized carbons (Fsp3) is 0.857. The summed E-state index contributed by atoms with van der Waals surface area (Å²) in [6.07, 6.45) is 4.33. The topological polar surface area (TPSA) is 100 Å².